The predicted octanol–water partition coefficient (Wildman–Crippen LogP) is 3.95. The molecular weight excluding hydrogens is 336 g/mol. The van der Waals surface area contributed by atoms with Gasteiger partial charge >= 0.3 is 0 Å². The topological polar surface area (TPSA) is 81.7 Å². The van der Waals surface area contributed by atoms with Gasteiger partial charge < -0.3 is 11.1 Å². The lowest BCUT2D eigenvalue weighted by atomic mass is 9.81. The van der Waals surface area contributed by atoms with Gasteiger partial charge in [-0.3, -0.25) is 4.68 Å². The van der Waals surface area contributed by atoms with Crippen LogP contribution in [0.2, 0.25) is 0 Å². The van der Waals surface area contributed by atoms with Gasteiger partial charge in [0.1, 0.15) is 0 Å². The van der Waals surface area contributed by atoms with Gasteiger partial charge in [0.25, 0.3) is 0 Å². The fourth-order valence-corrected chi connectivity index (χ4v) is 4.24. The van der Waals surface area contributed by atoms with Crippen molar-refractivity contribution in [1.82, 2.24) is 19.7 Å². The van der Waals surface area contributed by atoms with Crippen molar-refractivity contribution in [1.29, 1.82) is 0 Å². The van der Waals surface area contributed by atoms with Crippen LogP contribution in [-0.2, 0) is 6.42 Å². The molecule has 146 valence electrons. The molecule has 6 heteroatoms. The number of hydrogen-bond acceptors (Lipinski definition) is 5. The minimum absolute atomic E-state index is 0.353. The fourth-order valence-electron chi connectivity index (χ4n) is 4.24. The molecule has 2 saturated carbocycles. The average molecular weight is 369 g/mol. The molecule has 0 radical (unpaired) electrons. The molecule has 0 saturated heterocycles. The van der Waals surface area contributed by atoms with Gasteiger partial charge in [-0.05, 0) is 57.9 Å². The summed E-state index contributed by atoms with van der Waals surface area (Å²) in [6.45, 7) is 4.39. The minimum atomic E-state index is 0.353. The highest BCUT2D eigenvalue weighted by atomic mass is 15.3. The van der Waals surface area contributed by atoms with Crippen molar-refractivity contribution in [3.8, 4) is 11.3 Å². The second-order valence-electron chi connectivity index (χ2n) is 8.57. The van der Waals surface area contributed by atoms with Crippen LogP contribution >= 0.6 is 0 Å². The quantitative estimate of drug-likeness (QED) is 0.807. The van der Waals surface area contributed by atoms with E-state index in [2.05, 4.69) is 33.9 Å². The van der Waals surface area contributed by atoms with Gasteiger partial charge in [0.15, 0.2) is 0 Å². The molecule has 2 aromatic heterocycles. The highest BCUT2D eigenvalue weighted by Gasteiger charge is 2.24. The van der Waals surface area contributed by atoms with Crippen molar-refractivity contribution in [2.24, 2.45) is 11.7 Å². The lowest BCUT2D eigenvalue weighted by molar-refractivity contribution is 0.305. The van der Waals surface area contributed by atoms with Crippen LogP contribution in [0.4, 0.5) is 5.95 Å². The molecule has 2 aromatic rings. The SMILES string of the molecule is CC(C)n1ncc(-c2ccnc(N[C@H]3CC[C@H](N)CC3)n2)c1CC1CCC1. The normalized spacial score (nSPS) is 23.4. The number of aromatic nitrogens is 4. The zero-order chi connectivity index (χ0) is 18.8. The van der Waals surface area contributed by atoms with E-state index in [1.54, 1.807) is 0 Å². The largest absolute Gasteiger partial charge is 0.351 e. The molecule has 0 unspecified atom stereocenters. The van der Waals surface area contributed by atoms with Gasteiger partial charge in [0.05, 0.1) is 11.9 Å². The van der Waals surface area contributed by atoms with Gasteiger partial charge in [0, 0.05) is 35.6 Å². The molecule has 0 amide bonds. The van der Waals surface area contributed by atoms with Crippen molar-refractivity contribution >= 4 is 5.95 Å². The van der Waals surface area contributed by atoms with Crippen molar-refractivity contribution < 1.29 is 0 Å². The number of hydrogen-bond donors (Lipinski definition) is 2. The number of nitrogens with one attached hydrogen (secondary N) is 1. The van der Waals surface area contributed by atoms with E-state index in [9.17, 15) is 0 Å². The molecule has 0 aliphatic heterocycles. The van der Waals surface area contributed by atoms with Gasteiger partial charge in [-0.25, -0.2) is 9.97 Å². The summed E-state index contributed by atoms with van der Waals surface area (Å²) in [4.78, 5) is 9.29. The second-order valence-corrected chi connectivity index (χ2v) is 8.57. The summed E-state index contributed by atoms with van der Waals surface area (Å²) in [5, 5.41) is 8.20. The maximum Gasteiger partial charge on any atom is 0.223 e. The van der Waals surface area contributed by atoms with Crippen LogP contribution in [0.3, 0.4) is 0 Å². The third-order valence-electron chi connectivity index (χ3n) is 6.13. The van der Waals surface area contributed by atoms with Crippen LogP contribution < -0.4 is 11.1 Å². The average Bonchev–Trinajstić information content (AvgIpc) is 3.04. The first-order chi connectivity index (χ1) is 13.1. The number of nitrogens with zero attached hydrogens (tertiary/aromatic N) is 4. The lowest BCUT2D eigenvalue weighted by Crippen LogP contribution is -2.33. The summed E-state index contributed by atoms with van der Waals surface area (Å²) < 4.78 is 2.17. The van der Waals surface area contributed by atoms with E-state index in [1.165, 1.54) is 25.0 Å². The molecule has 2 heterocycles. The first-order valence-electron chi connectivity index (χ1n) is 10.5. The van der Waals surface area contributed by atoms with Crippen LogP contribution in [-0.4, -0.2) is 31.8 Å². The van der Waals surface area contributed by atoms with Crippen molar-refractivity contribution in [3.63, 3.8) is 0 Å². The number of rotatable bonds is 6. The van der Waals surface area contributed by atoms with Crippen LogP contribution in [0, 0.1) is 5.92 Å². The summed E-state index contributed by atoms with van der Waals surface area (Å²) >= 11 is 0. The van der Waals surface area contributed by atoms with E-state index in [-0.39, 0.29) is 0 Å². The minimum Gasteiger partial charge on any atom is -0.351 e. The van der Waals surface area contributed by atoms with Crippen LogP contribution in [0.25, 0.3) is 11.3 Å². The van der Waals surface area contributed by atoms with E-state index in [0.717, 1.165) is 55.2 Å². The molecule has 2 aliphatic rings. The Morgan fingerprint density at radius 3 is 2.63 bits per heavy atom. The third-order valence-corrected chi connectivity index (χ3v) is 6.13. The maximum atomic E-state index is 6.02. The molecule has 0 bridgehead atoms. The fraction of sp³-hybridized carbons (Fsp3) is 0.667. The summed E-state index contributed by atoms with van der Waals surface area (Å²) in [6, 6.07) is 3.15. The first-order valence-corrected chi connectivity index (χ1v) is 10.5. The zero-order valence-corrected chi connectivity index (χ0v) is 16.6. The Hall–Kier alpha value is -1.95. The van der Waals surface area contributed by atoms with Gasteiger partial charge in [0.2, 0.25) is 5.95 Å². The maximum absolute atomic E-state index is 6.02. The molecule has 4 rings (SSSR count). The van der Waals surface area contributed by atoms with E-state index in [1.807, 2.05) is 18.5 Å². The molecule has 0 spiro atoms. The molecule has 0 aromatic carbocycles. The summed E-state index contributed by atoms with van der Waals surface area (Å²) in [5.41, 5.74) is 9.48. The molecule has 27 heavy (non-hydrogen) atoms. The highest BCUT2D eigenvalue weighted by Crippen LogP contribution is 2.34. The Kier molecular flexibility index (Phi) is 5.43. The molecule has 3 N–H and O–H groups in total. The molecule has 2 aliphatic carbocycles. The van der Waals surface area contributed by atoms with Crippen LogP contribution in [0.15, 0.2) is 18.5 Å². The smallest absolute Gasteiger partial charge is 0.223 e. The van der Waals surface area contributed by atoms with Crippen molar-refractivity contribution in [3.05, 3.63) is 24.2 Å². The monoisotopic (exact) mass is 368 g/mol. The molecular formula is C21H32N6. The molecule has 2 fully saturated rings. The third kappa shape index (κ3) is 4.15. The Balaban J connectivity index is 1.56. The molecule has 0 atom stereocenters. The Morgan fingerprint density at radius 1 is 1.19 bits per heavy atom. The summed E-state index contributed by atoms with van der Waals surface area (Å²) in [7, 11) is 0. The Labute approximate surface area is 162 Å². The van der Waals surface area contributed by atoms with Crippen LogP contribution in [0.5, 0.6) is 0 Å². The first kappa shape index (κ1) is 18.4. The van der Waals surface area contributed by atoms with Crippen molar-refractivity contribution in [2.75, 3.05) is 5.32 Å². The van der Waals surface area contributed by atoms with Gasteiger partial charge in [-0.15, -0.1) is 0 Å². The van der Waals surface area contributed by atoms with Crippen LogP contribution in [0.1, 0.15) is 70.5 Å². The second kappa shape index (κ2) is 7.97. The van der Waals surface area contributed by atoms with E-state index >= 15 is 0 Å². The Bertz CT molecular complexity index is 756. The van der Waals surface area contributed by atoms with Crippen molar-refractivity contribution in [2.45, 2.75) is 83.3 Å². The summed E-state index contributed by atoms with van der Waals surface area (Å²) in [6.07, 6.45) is 13.3. The van der Waals surface area contributed by atoms with E-state index in [0.29, 0.717) is 18.1 Å². The van der Waals surface area contributed by atoms with Gasteiger partial charge in [-0.1, -0.05) is 19.3 Å². The van der Waals surface area contributed by atoms with E-state index < -0.39 is 0 Å². The standard InChI is InChI=1S/C21H32N6/c1-14(2)27-20(12-15-4-3-5-15)18(13-24-27)19-10-11-23-21(26-19)25-17-8-6-16(22)7-9-17/h10-11,13-17H,3-9,12,22H2,1-2H3,(H,23,25,26)/t16-,17-. The van der Waals surface area contributed by atoms with Gasteiger partial charge in [-0.2, -0.15) is 5.10 Å². The number of nitrogens with two attached hydrogens (primary N) is 1. The zero-order valence-electron chi connectivity index (χ0n) is 16.6. The molecule has 6 nitrogen and oxygen atoms in total. The highest BCUT2D eigenvalue weighted by molar-refractivity contribution is 5.62. The lowest BCUT2D eigenvalue weighted by Gasteiger charge is -2.27. The predicted molar refractivity (Wildman–Crippen MR) is 109 cm³/mol. The Morgan fingerprint density at radius 2 is 1.96 bits per heavy atom. The number of anilines is 1. The van der Waals surface area contributed by atoms with E-state index in [4.69, 9.17) is 10.7 Å². The summed E-state index contributed by atoms with van der Waals surface area (Å²) in [5.74, 6) is 1.52.